The second-order valence-electron chi connectivity index (χ2n) is 1.14. The van der Waals surface area contributed by atoms with Crippen molar-refractivity contribution in [3.8, 4) is 0 Å². The van der Waals surface area contributed by atoms with Crippen LogP contribution in [0.3, 0.4) is 0 Å². The number of hydrogen-bond donors (Lipinski definition) is 3. The number of aliphatic hydroxyl groups excluding tert-OH is 1. The Morgan fingerprint density at radius 2 is 2.50 bits per heavy atom. The summed E-state index contributed by atoms with van der Waals surface area (Å²) in [5.74, 6) is 0.0923. The van der Waals surface area contributed by atoms with Crippen LogP contribution in [-0.4, -0.2) is 16.9 Å². The Morgan fingerprint density at radius 1 is 1.88 bits per heavy atom. The molecule has 4 heteroatoms. The third kappa shape index (κ3) is 3.95. The summed E-state index contributed by atoms with van der Waals surface area (Å²) in [6, 6.07) is 0. The normalized spacial score (nSPS) is 8.75. The number of thiol groups is 1. The van der Waals surface area contributed by atoms with Crippen molar-refractivity contribution < 1.29 is 9.90 Å². The van der Waals surface area contributed by atoms with Gasteiger partial charge in [-0.25, -0.2) is 0 Å². The van der Waals surface area contributed by atoms with E-state index in [1.165, 1.54) is 0 Å². The molecular formula is C4H8NO2S. The summed E-state index contributed by atoms with van der Waals surface area (Å²) in [4.78, 5) is 10.3. The molecule has 0 rings (SSSR count). The molecule has 0 heterocycles. The summed E-state index contributed by atoms with van der Waals surface area (Å²) in [6.07, 6.45) is 0.0422. The molecule has 0 unspecified atom stereocenters. The highest BCUT2D eigenvalue weighted by Crippen LogP contribution is 1.80. The molecule has 0 aliphatic carbocycles. The fraction of sp³-hybridized carbons (Fsp3) is 0.500. The zero-order chi connectivity index (χ0) is 6.41. The van der Waals surface area contributed by atoms with E-state index in [1.807, 2.05) is 0 Å². The zero-order valence-corrected chi connectivity index (χ0v) is 5.19. The Labute approximate surface area is 53.5 Å². The summed E-state index contributed by atoms with van der Waals surface area (Å²) in [5, 5.41) is 10.4. The van der Waals surface area contributed by atoms with Gasteiger partial charge in [0.1, 0.15) is 0 Å². The van der Waals surface area contributed by atoms with Gasteiger partial charge < -0.3 is 10.4 Å². The van der Waals surface area contributed by atoms with Crippen LogP contribution in [0.15, 0.2) is 0 Å². The topological polar surface area (TPSA) is 49.3 Å². The molecule has 0 aromatic carbocycles. The van der Waals surface area contributed by atoms with Gasteiger partial charge in [-0.15, -0.1) is 0 Å². The van der Waals surface area contributed by atoms with Crippen LogP contribution in [0.5, 0.6) is 0 Å². The minimum absolute atomic E-state index is 0.0422. The van der Waals surface area contributed by atoms with E-state index >= 15 is 0 Å². The molecule has 0 aromatic heterocycles. The van der Waals surface area contributed by atoms with Gasteiger partial charge in [-0.05, 0) is 0 Å². The minimum Gasteiger partial charge on any atom is -0.390 e. The van der Waals surface area contributed by atoms with Crippen molar-refractivity contribution in [3.05, 3.63) is 6.61 Å². The lowest BCUT2D eigenvalue weighted by Crippen LogP contribution is -2.20. The first-order valence-electron chi connectivity index (χ1n) is 2.14. The molecule has 0 saturated heterocycles. The van der Waals surface area contributed by atoms with Crippen LogP contribution < -0.4 is 5.32 Å². The van der Waals surface area contributed by atoms with Crippen molar-refractivity contribution in [2.24, 2.45) is 0 Å². The van der Waals surface area contributed by atoms with Gasteiger partial charge in [0.15, 0.2) is 0 Å². The third-order valence-corrected chi connectivity index (χ3v) is 0.711. The number of amides is 1. The predicted molar refractivity (Wildman–Crippen MR) is 32.8 cm³/mol. The van der Waals surface area contributed by atoms with E-state index in [1.54, 1.807) is 0 Å². The second-order valence-corrected chi connectivity index (χ2v) is 1.46. The van der Waals surface area contributed by atoms with Gasteiger partial charge in [-0.1, -0.05) is 0 Å². The van der Waals surface area contributed by atoms with Crippen LogP contribution in [0.2, 0.25) is 0 Å². The largest absolute Gasteiger partial charge is 0.390 e. The van der Waals surface area contributed by atoms with Crippen LogP contribution in [0, 0.1) is 6.61 Å². The Morgan fingerprint density at radius 3 is 2.88 bits per heavy atom. The van der Waals surface area contributed by atoms with Crippen molar-refractivity contribution in [3.63, 3.8) is 0 Å². The van der Waals surface area contributed by atoms with Crippen LogP contribution in [-0.2, 0) is 4.79 Å². The summed E-state index contributed by atoms with van der Waals surface area (Å²) in [7, 11) is 0. The van der Waals surface area contributed by atoms with E-state index in [2.05, 4.69) is 17.9 Å². The molecule has 0 aliphatic heterocycles. The van der Waals surface area contributed by atoms with Crippen molar-refractivity contribution in [2.45, 2.75) is 6.42 Å². The van der Waals surface area contributed by atoms with Gasteiger partial charge in [0.2, 0.25) is 5.91 Å². The fourth-order valence-corrected chi connectivity index (χ4v) is 0.420. The van der Waals surface area contributed by atoms with Crippen molar-refractivity contribution in [1.29, 1.82) is 0 Å². The van der Waals surface area contributed by atoms with Crippen molar-refractivity contribution in [2.75, 3.05) is 5.88 Å². The monoisotopic (exact) mass is 134 g/mol. The number of carbonyl (C=O) groups is 1. The molecule has 0 atom stereocenters. The van der Waals surface area contributed by atoms with Crippen molar-refractivity contribution in [1.82, 2.24) is 5.32 Å². The summed E-state index contributed by atoms with van der Waals surface area (Å²) in [6.45, 7) is 0.804. The molecule has 0 spiro atoms. The molecule has 47 valence electrons. The quantitative estimate of drug-likeness (QED) is 0.373. The summed E-state index contributed by atoms with van der Waals surface area (Å²) < 4.78 is 0. The molecule has 1 amide bonds. The van der Waals surface area contributed by atoms with E-state index in [4.69, 9.17) is 5.11 Å². The molecule has 0 aromatic rings. The number of rotatable bonds is 3. The van der Waals surface area contributed by atoms with Gasteiger partial charge in [-0.3, -0.25) is 4.79 Å². The number of carbonyl (C=O) groups excluding carboxylic acids is 1. The molecular weight excluding hydrogens is 126 g/mol. The first kappa shape index (κ1) is 7.78. The number of aliphatic hydroxyl groups is 1. The third-order valence-electron chi connectivity index (χ3n) is 0.553. The van der Waals surface area contributed by atoms with Gasteiger partial charge in [0.25, 0.3) is 0 Å². The standard InChI is InChI=1S/C4H8NO2S/c6-2-1-4(7)5-3-8/h2,6,8H,1,3H2,(H,5,7). The highest BCUT2D eigenvalue weighted by atomic mass is 32.1. The van der Waals surface area contributed by atoms with Gasteiger partial charge in [-0.2, -0.15) is 12.6 Å². The number of hydrogen-bond acceptors (Lipinski definition) is 3. The average Bonchev–Trinajstić information content (AvgIpc) is 1.68. The second kappa shape index (κ2) is 4.93. The molecule has 0 fully saturated rings. The van der Waals surface area contributed by atoms with Gasteiger partial charge in [0, 0.05) is 0 Å². The van der Waals surface area contributed by atoms with Crippen LogP contribution in [0.1, 0.15) is 6.42 Å². The van der Waals surface area contributed by atoms with Crippen LogP contribution in [0.4, 0.5) is 0 Å². The lowest BCUT2D eigenvalue weighted by molar-refractivity contribution is -0.120. The first-order valence-corrected chi connectivity index (χ1v) is 2.78. The molecule has 0 saturated carbocycles. The molecule has 8 heavy (non-hydrogen) atoms. The molecule has 0 aliphatic rings. The minimum atomic E-state index is -0.220. The van der Waals surface area contributed by atoms with E-state index in [9.17, 15) is 4.79 Å². The maximum Gasteiger partial charge on any atom is 0.223 e. The number of nitrogens with one attached hydrogen (secondary N) is 1. The smallest absolute Gasteiger partial charge is 0.223 e. The lowest BCUT2D eigenvalue weighted by Gasteiger charge is -1.95. The summed E-state index contributed by atoms with van der Waals surface area (Å²) >= 11 is 3.73. The van der Waals surface area contributed by atoms with Gasteiger partial charge >= 0.3 is 0 Å². The average molecular weight is 134 g/mol. The Hall–Kier alpha value is -0.220. The highest BCUT2D eigenvalue weighted by Gasteiger charge is 1.94. The van der Waals surface area contributed by atoms with E-state index in [0.717, 1.165) is 6.61 Å². The van der Waals surface area contributed by atoms with Crippen LogP contribution >= 0.6 is 12.6 Å². The lowest BCUT2D eigenvalue weighted by atomic mass is 10.4. The van der Waals surface area contributed by atoms with Crippen molar-refractivity contribution >= 4 is 18.5 Å². The van der Waals surface area contributed by atoms with Gasteiger partial charge in [0.05, 0.1) is 18.9 Å². The molecule has 1 radical (unpaired) electrons. The maximum atomic E-state index is 10.3. The van der Waals surface area contributed by atoms with Crippen LogP contribution in [0.25, 0.3) is 0 Å². The maximum absolute atomic E-state index is 10.3. The Kier molecular flexibility index (Phi) is 4.79. The molecule has 2 N–H and O–H groups in total. The van der Waals surface area contributed by atoms with E-state index in [0.29, 0.717) is 5.88 Å². The fourth-order valence-electron chi connectivity index (χ4n) is 0.243. The Balaban J connectivity index is 3.06. The Bertz CT molecular complexity index is 68.4. The highest BCUT2D eigenvalue weighted by molar-refractivity contribution is 7.80. The van der Waals surface area contributed by atoms with E-state index < -0.39 is 0 Å². The molecule has 3 nitrogen and oxygen atoms in total. The SMILES string of the molecule is O=C(C[CH]O)NCS. The van der Waals surface area contributed by atoms with E-state index in [-0.39, 0.29) is 12.3 Å². The molecule has 0 bridgehead atoms. The predicted octanol–water partition coefficient (Wildman–Crippen LogP) is -0.0857. The zero-order valence-electron chi connectivity index (χ0n) is 4.29. The first-order chi connectivity index (χ1) is 3.81. The summed E-state index contributed by atoms with van der Waals surface area (Å²) in [5.41, 5.74) is 0.